The SMILES string of the molecule is CN(C)c1cc(Oc2cc(-c3ccc(C(F)(F)F)cc3)ncn2)c2nc(CC(N)=O)sc2c1.O=C(O)C(F)(F)F. The highest BCUT2D eigenvalue weighted by Crippen LogP contribution is 2.37. The lowest BCUT2D eigenvalue weighted by Gasteiger charge is -2.14. The summed E-state index contributed by atoms with van der Waals surface area (Å²) in [5.41, 5.74) is 6.85. The Kier molecular flexibility index (Phi) is 8.82. The Bertz CT molecular complexity index is 1520. The van der Waals surface area contributed by atoms with E-state index in [2.05, 4.69) is 15.0 Å². The summed E-state index contributed by atoms with van der Waals surface area (Å²) in [6.07, 6.45) is -8.21. The van der Waals surface area contributed by atoms with Gasteiger partial charge in [0.05, 0.1) is 22.4 Å². The average molecular weight is 588 g/mol. The fourth-order valence-electron chi connectivity index (χ4n) is 3.09. The number of nitrogens with two attached hydrogens (primary N) is 1. The van der Waals surface area contributed by atoms with Crippen molar-refractivity contribution < 1.29 is 45.8 Å². The predicted octanol–water partition coefficient (Wildman–Crippen LogP) is 5.29. The zero-order chi connectivity index (χ0) is 29.8. The maximum atomic E-state index is 12.8. The number of hydrogen-bond donors (Lipinski definition) is 2. The second-order valence-electron chi connectivity index (χ2n) is 8.16. The van der Waals surface area contributed by atoms with Crippen LogP contribution in [0.1, 0.15) is 10.6 Å². The van der Waals surface area contributed by atoms with Crippen molar-refractivity contribution in [2.75, 3.05) is 19.0 Å². The molecule has 0 atom stereocenters. The van der Waals surface area contributed by atoms with Crippen molar-refractivity contribution in [1.29, 1.82) is 0 Å². The van der Waals surface area contributed by atoms with Crippen LogP contribution < -0.4 is 15.4 Å². The first-order chi connectivity index (χ1) is 18.5. The van der Waals surface area contributed by atoms with E-state index in [1.54, 1.807) is 6.07 Å². The molecule has 2 aromatic heterocycles. The molecule has 4 aromatic rings. The van der Waals surface area contributed by atoms with Crippen LogP contribution in [0.5, 0.6) is 11.6 Å². The van der Waals surface area contributed by atoms with Gasteiger partial charge in [0.25, 0.3) is 0 Å². The molecule has 0 aliphatic heterocycles. The van der Waals surface area contributed by atoms with E-state index in [4.69, 9.17) is 20.4 Å². The van der Waals surface area contributed by atoms with Crippen molar-refractivity contribution in [1.82, 2.24) is 15.0 Å². The molecule has 0 fully saturated rings. The Balaban J connectivity index is 0.000000559. The normalized spacial score (nSPS) is 11.5. The third-order valence-electron chi connectivity index (χ3n) is 4.94. The molecule has 9 nitrogen and oxygen atoms in total. The van der Waals surface area contributed by atoms with E-state index in [0.29, 0.717) is 27.5 Å². The molecule has 0 aliphatic rings. The van der Waals surface area contributed by atoms with E-state index < -0.39 is 29.8 Å². The predicted molar refractivity (Wildman–Crippen MR) is 133 cm³/mol. The number of carbonyl (C=O) groups is 2. The molecule has 16 heteroatoms. The number of primary amides is 1. The number of fused-ring (bicyclic) bond motifs is 1. The van der Waals surface area contributed by atoms with E-state index in [0.717, 1.165) is 22.5 Å². The first kappa shape index (κ1) is 30.1. The van der Waals surface area contributed by atoms with Crippen molar-refractivity contribution in [3.8, 4) is 22.9 Å². The molecule has 1 amide bonds. The van der Waals surface area contributed by atoms with Gasteiger partial charge in [-0.25, -0.2) is 19.7 Å². The largest absolute Gasteiger partial charge is 0.490 e. The molecule has 40 heavy (non-hydrogen) atoms. The smallest absolute Gasteiger partial charge is 0.475 e. The summed E-state index contributed by atoms with van der Waals surface area (Å²) in [5, 5.41) is 7.69. The summed E-state index contributed by atoms with van der Waals surface area (Å²) in [7, 11) is 3.76. The molecule has 0 spiro atoms. The van der Waals surface area contributed by atoms with Crippen molar-refractivity contribution in [3.05, 3.63) is 59.4 Å². The van der Waals surface area contributed by atoms with Crippen LogP contribution in [0.15, 0.2) is 48.8 Å². The molecular weight excluding hydrogens is 568 g/mol. The molecule has 0 saturated carbocycles. The summed E-state index contributed by atoms with van der Waals surface area (Å²) in [5.74, 6) is -2.63. The first-order valence-electron chi connectivity index (χ1n) is 10.9. The van der Waals surface area contributed by atoms with Crippen molar-refractivity contribution in [3.63, 3.8) is 0 Å². The van der Waals surface area contributed by atoms with Crippen molar-refractivity contribution in [2.45, 2.75) is 18.8 Å². The Morgan fingerprint density at radius 3 is 2.17 bits per heavy atom. The third kappa shape index (κ3) is 7.78. The van der Waals surface area contributed by atoms with Gasteiger partial charge in [0.15, 0.2) is 5.75 Å². The van der Waals surface area contributed by atoms with Gasteiger partial charge < -0.3 is 20.5 Å². The van der Waals surface area contributed by atoms with Gasteiger partial charge in [-0.3, -0.25) is 4.79 Å². The summed E-state index contributed by atoms with van der Waals surface area (Å²) in [6.45, 7) is 0. The third-order valence-corrected chi connectivity index (χ3v) is 5.94. The number of hydrogen-bond acceptors (Lipinski definition) is 8. The van der Waals surface area contributed by atoms with Crippen LogP contribution in [0, 0.1) is 0 Å². The Morgan fingerprint density at radius 2 is 1.65 bits per heavy atom. The zero-order valence-electron chi connectivity index (χ0n) is 20.5. The van der Waals surface area contributed by atoms with E-state index in [1.807, 2.05) is 25.1 Å². The van der Waals surface area contributed by atoms with E-state index in [9.17, 15) is 31.1 Å². The molecule has 4 rings (SSSR count). The van der Waals surface area contributed by atoms with Gasteiger partial charge in [0.2, 0.25) is 11.8 Å². The minimum Gasteiger partial charge on any atom is -0.475 e. The molecule has 2 heterocycles. The quantitative estimate of drug-likeness (QED) is 0.291. The van der Waals surface area contributed by atoms with Gasteiger partial charge in [0, 0.05) is 37.5 Å². The minimum absolute atomic E-state index is 0.0155. The number of carbonyl (C=O) groups excluding carboxylic acids is 1. The maximum Gasteiger partial charge on any atom is 0.490 e. The van der Waals surface area contributed by atoms with Gasteiger partial charge in [0.1, 0.15) is 16.9 Å². The standard InChI is InChI=1S/C22H18F3N5O2S.C2HF3O2/c1-30(2)14-7-16(21-17(8-14)33-20(29-21)10-18(26)31)32-19-9-15(27-11-28-19)12-3-5-13(6-4-12)22(23,24)25;3-2(4,5)1(6)7/h3-9,11H,10H2,1-2H3,(H2,26,31);(H,6,7). The van der Waals surface area contributed by atoms with E-state index in [1.165, 1.54) is 35.9 Å². The van der Waals surface area contributed by atoms with Gasteiger partial charge in [-0.2, -0.15) is 26.3 Å². The molecular formula is C24H19F6N5O4S. The van der Waals surface area contributed by atoms with Gasteiger partial charge >= 0.3 is 18.3 Å². The number of aromatic nitrogens is 3. The molecule has 3 N–H and O–H groups in total. The molecule has 0 bridgehead atoms. The maximum absolute atomic E-state index is 12.8. The summed E-state index contributed by atoms with van der Waals surface area (Å²) in [6, 6.07) is 9.93. The van der Waals surface area contributed by atoms with E-state index in [-0.39, 0.29) is 12.3 Å². The Hall–Kier alpha value is -4.47. The molecule has 0 radical (unpaired) electrons. The second kappa shape index (κ2) is 11.7. The highest BCUT2D eigenvalue weighted by molar-refractivity contribution is 7.18. The monoisotopic (exact) mass is 587 g/mol. The van der Waals surface area contributed by atoms with Crippen LogP contribution in [-0.4, -0.2) is 52.2 Å². The Morgan fingerprint density at radius 1 is 1.02 bits per heavy atom. The number of nitrogens with zero attached hydrogens (tertiary/aromatic N) is 4. The highest BCUT2D eigenvalue weighted by Gasteiger charge is 2.38. The molecule has 0 aliphatic carbocycles. The van der Waals surface area contributed by atoms with Crippen LogP contribution >= 0.6 is 11.3 Å². The lowest BCUT2D eigenvalue weighted by atomic mass is 10.1. The number of thiazole rings is 1. The number of ether oxygens (including phenoxy) is 1. The average Bonchev–Trinajstić information content (AvgIpc) is 3.25. The van der Waals surface area contributed by atoms with Crippen LogP contribution in [0.2, 0.25) is 0 Å². The van der Waals surface area contributed by atoms with Crippen LogP contribution in [0.3, 0.4) is 0 Å². The number of halogens is 6. The fourth-order valence-corrected chi connectivity index (χ4v) is 4.12. The molecule has 212 valence electrons. The number of anilines is 1. The molecule has 0 unspecified atom stereocenters. The van der Waals surface area contributed by atoms with Crippen LogP contribution in [0.4, 0.5) is 32.0 Å². The lowest BCUT2D eigenvalue weighted by molar-refractivity contribution is -0.192. The summed E-state index contributed by atoms with van der Waals surface area (Å²) < 4.78 is 77.1. The Labute approximate surface area is 225 Å². The number of benzene rings is 2. The topological polar surface area (TPSA) is 132 Å². The second-order valence-corrected chi connectivity index (χ2v) is 9.27. The highest BCUT2D eigenvalue weighted by atomic mass is 32.1. The van der Waals surface area contributed by atoms with Crippen molar-refractivity contribution in [2.24, 2.45) is 5.73 Å². The number of rotatable bonds is 6. The van der Waals surface area contributed by atoms with Crippen LogP contribution in [-0.2, 0) is 22.2 Å². The lowest BCUT2D eigenvalue weighted by Crippen LogP contribution is -2.21. The number of carboxylic acid groups (broad SMARTS) is 1. The number of aliphatic carboxylic acids is 1. The fraction of sp³-hybridized carbons (Fsp3) is 0.208. The first-order valence-corrected chi connectivity index (χ1v) is 11.7. The van der Waals surface area contributed by atoms with Gasteiger partial charge in [-0.15, -0.1) is 11.3 Å². The zero-order valence-corrected chi connectivity index (χ0v) is 21.4. The number of carboxylic acids is 1. The summed E-state index contributed by atoms with van der Waals surface area (Å²) >= 11 is 1.34. The number of alkyl halides is 6. The van der Waals surface area contributed by atoms with Crippen molar-refractivity contribution >= 4 is 39.1 Å². The molecule has 2 aromatic carbocycles. The minimum atomic E-state index is -5.08. The van der Waals surface area contributed by atoms with Crippen LogP contribution in [0.25, 0.3) is 21.5 Å². The van der Waals surface area contributed by atoms with E-state index >= 15 is 0 Å². The number of amides is 1. The molecule has 0 saturated heterocycles. The van der Waals surface area contributed by atoms with Gasteiger partial charge in [-0.1, -0.05) is 12.1 Å². The van der Waals surface area contributed by atoms with Gasteiger partial charge in [-0.05, 0) is 18.2 Å². The summed E-state index contributed by atoms with van der Waals surface area (Å²) in [4.78, 5) is 34.9.